The van der Waals surface area contributed by atoms with Crippen molar-refractivity contribution in [3.8, 4) is 34.1 Å². The number of benzene rings is 1. The Morgan fingerprint density at radius 1 is 1.14 bits per heavy atom. The number of hydrogen-bond acceptors (Lipinski definition) is 5. The lowest BCUT2D eigenvalue weighted by Crippen LogP contribution is -2.00. The van der Waals surface area contributed by atoms with E-state index in [1.165, 1.54) is 6.33 Å². The second kappa shape index (κ2) is 7.44. The fourth-order valence-electron chi connectivity index (χ4n) is 3.01. The van der Waals surface area contributed by atoms with Gasteiger partial charge >= 0.3 is 0 Å². The smallest absolute Gasteiger partial charge is 0.159 e. The molecule has 28 heavy (non-hydrogen) atoms. The van der Waals surface area contributed by atoms with Crippen molar-refractivity contribution in [1.29, 1.82) is 0 Å². The minimum Gasteiger partial charge on any atom is -0.494 e. The summed E-state index contributed by atoms with van der Waals surface area (Å²) in [7, 11) is 0. The van der Waals surface area contributed by atoms with Crippen molar-refractivity contribution in [3.63, 3.8) is 0 Å². The van der Waals surface area contributed by atoms with E-state index in [2.05, 4.69) is 20.2 Å². The van der Waals surface area contributed by atoms with Gasteiger partial charge in [0, 0.05) is 23.7 Å². The van der Waals surface area contributed by atoms with Crippen molar-refractivity contribution in [2.75, 3.05) is 6.61 Å². The van der Waals surface area contributed by atoms with Crippen LogP contribution in [0.3, 0.4) is 0 Å². The van der Waals surface area contributed by atoms with Crippen LogP contribution in [-0.4, -0.2) is 36.6 Å². The van der Waals surface area contributed by atoms with E-state index in [1.807, 2.05) is 56.0 Å². The molecule has 0 atom stereocenters. The van der Waals surface area contributed by atoms with Crippen molar-refractivity contribution in [1.82, 2.24) is 29.9 Å². The van der Waals surface area contributed by atoms with Crippen LogP contribution < -0.4 is 4.74 Å². The van der Waals surface area contributed by atoms with Crippen LogP contribution in [0.2, 0.25) is 5.02 Å². The van der Waals surface area contributed by atoms with Crippen LogP contribution in [0, 0.1) is 13.8 Å². The molecule has 0 radical (unpaired) electrons. The van der Waals surface area contributed by atoms with Gasteiger partial charge in [-0.15, -0.1) is 0 Å². The molecule has 0 amide bonds. The van der Waals surface area contributed by atoms with Gasteiger partial charge in [0.1, 0.15) is 17.8 Å². The van der Waals surface area contributed by atoms with E-state index in [4.69, 9.17) is 21.4 Å². The number of ether oxygens (including phenoxy) is 1. The Morgan fingerprint density at radius 2 is 2.00 bits per heavy atom. The van der Waals surface area contributed by atoms with Crippen LogP contribution in [0.25, 0.3) is 28.3 Å². The van der Waals surface area contributed by atoms with Crippen LogP contribution in [0.1, 0.15) is 18.2 Å². The summed E-state index contributed by atoms with van der Waals surface area (Å²) in [6.07, 6.45) is 5.23. The first kappa shape index (κ1) is 18.2. The number of aromatic amines is 1. The van der Waals surface area contributed by atoms with Crippen LogP contribution in [0.5, 0.6) is 5.75 Å². The van der Waals surface area contributed by atoms with Crippen molar-refractivity contribution < 1.29 is 4.74 Å². The normalized spacial score (nSPS) is 11.0. The predicted molar refractivity (Wildman–Crippen MR) is 108 cm³/mol. The molecule has 0 fully saturated rings. The summed E-state index contributed by atoms with van der Waals surface area (Å²) < 4.78 is 7.36. The van der Waals surface area contributed by atoms with E-state index in [0.29, 0.717) is 23.1 Å². The standard InChI is InChI=1S/C20H19ClN6O/c1-4-28-14-5-6-15(17(21)8-14)19-16(20-23-11-24-25-20)10-27(26-19)18-7-13(3)22-9-12(18)2/h5-11H,4H2,1-3H3,(H,23,24,25). The van der Waals surface area contributed by atoms with E-state index >= 15 is 0 Å². The summed E-state index contributed by atoms with van der Waals surface area (Å²) in [6, 6.07) is 7.59. The molecule has 4 rings (SSSR count). The Kier molecular flexibility index (Phi) is 4.83. The van der Waals surface area contributed by atoms with E-state index < -0.39 is 0 Å². The van der Waals surface area contributed by atoms with Crippen molar-refractivity contribution in [2.45, 2.75) is 20.8 Å². The first-order valence-electron chi connectivity index (χ1n) is 8.88. The molecule has 4 aromatic rings. The fraction of sp³-hybridized carbons (Fsp3) is 0.200. The minimum atomic E-state index is 0.555. The third-order valence-electron chi connectivity index (χ3n) is 4.35. The number of H-pyrrole nitrogens is 1. The largest absolute Gasteiger partial charge is 0.494 e. The Morgan fingerprint density at radius 3 is 2.71 bits per heavy atom. The average Bonchev–Trinajstić information content (AvgIpc) is 3.33. The third-order valence-corrected chi connectivity index (χ3v) is 4.66. The topological polar surface area (TPSA) is 81.5 Å². The Bertz CT molecular complexity index is 1120. The van der Waals surface area contributed by atoms with Gasteiger partial charge in [0.15, 0.2) is 5.82 Å². The second-order valence-corrected chi connectivity index (χ2v) is 6.76. The number of hydrogen-bond donors (Lipinski definition) is 1. The molecular formula is C20H19ClN6O. The van der Waals surface area contributed by atoms with E-state index in [9.17, 15) is 0 Å². The van der Waals surface area contributed by atoms with E-state index in [-0.39, 0.29) is 0 Å². The van der Waals surface area contributed by atoms with Gasteiger partial charge in [-0.2, -0.15) is 10.2 Å². The molecule has 0 saturated heterocycles. The predicted octanol–water partition coefficient (Wildman–Crippen LogP) is 4.39. The third kappa shape index (κ3) is 3.36. The summed E-state index contributed by atoms with van der Waals surface area (Å²) in [5.41, 5.74) is 5.18. The summed E-state index contributed by atoms with van der Waals surface area (Å²) in [6.45, 7) is 6.47. The number of aryl methyl sites for hydroxylation is 2. The molecule has 1 N–H and O–H groups in total. The maximum Gasteiger partial charge on any atom is 0.159 e. The van der Waals surface area contributed by atoms with Crippen LogP contribution in [0.4, 0.5) is 0 Å². The molecule has 0 spiro atoms. The zero-order chi connectivity index (χ0) is 19.7. The first-order valence-corrected chi connectivity index (χ1v) is 9.26. The highest BCUT2D eigenvalue weighted by Crippen LogP contribution is 2.36. The minimum absolute atomic E-state index is 0.555. The molecular weight excluding hydrogens is 376 g/mol. The molecule has 3 aromatic heterocycles. The molecule has 0 aliphatic heterocycles. The van der Waals surface area contributed by atoms with Gasteiger partial charge in [-0.1, -0.05) is 11.6 Å². The zero-order valence-corrected chi connectivity index (χ0v) is 16.5. The van der Waals surface area contributed by atoms with Gasteiger partial charge in [0.05, 0.1) is 22.9 Å². The van der Waals surface area contributed by atoms with Crippen molar-refractivity contribution in [2.24, 2.45) is 0 Å². The first-order chi connectivity index (χ1) is 13.6. The monoisotopic (exact) mass is 394 g/mol. The molecule has 3 heterocycles. The highest BCUT2D eigenvalue weighted by Gasteiger charge is 2.19. The van der Waals surface area contributed by atoms with Crippen LogP contribution >= 0.6 is 11.6 Å². The molecule has 7 nitrogen and oxygen atoms in total. The number of nitrogens with one attached hydrogen (secondary N) is 1. The summed E-state index contributed by atoms with van der Waals surface area (Å²) in [5.74, 6) is 1.34. The summed E-state index contributed by atoms with van der Waals surface area (Å²) in [4.78, 5) is 8.63. The number of aromatic nitrogens is 6. The van der Waals surface area contributed by atoms with E-state index in [1.54, 1.807) is 6.07 Å². The quantitative estimate of drug-likeness (QED) is 0.543. The van der Waals surface area contributed by atoms with Gasteiger partial charge in [-0.3, -0.25) is 10.1 Å². The zero-order valence-electron chi connectivity index (χ0n) is 15.8. The number of nitrogens with zero attached hydrogens (tertiary/aromatic N) is 5. The van der Waals surface area contributed by atoms with Gasteiger partial charge in [-0.25, -0.2) is 9.67 Å². The lowest BCUT2D eigenvalue weighted by Gasteiger charge is -2.08. The average molecular weight is 395 g/mol. The summed E-state index contributed by atoms with van der Waals surface area (Å²) in [5, 5.41) is 12.3. The molecule has 8 heteroatoms. The molecule has 0 unspecified atom stereocenters. The van der Waals surface area contributed by atoms with Crippen LogP contribution in [0.15, 0.2) is 43.0 Å². The van der Waals surface area contributed by atoms with Crippen LogP contribution in [-0.2, 0) is 0 Å². The molecule has 142 valence electrons. The number of halogens is 1. The molecule has 0 bridgehead atoms. The van der Waals surface area contributed by atoms with Gasteiger partial charge in [0.2, 0.25) is 0 Å². The molecule has 0 aliphatic rings. The van der Waals surface area contributed by atoms with Crippen molar-refractivity contribution >= 4 is 11.6 Å². The molecule has 0 aliphatic carbocycles. The Hall–Kier alpha value is -3.19. The maximum absolute atomic E-state index is 6.56. The number of pyridine rings is 1. The Labute approximate surface area is 167 Å². The maximum atomic E-state index is 6.56. The lowest BCUT2D eigenvalue weighted by molar-refractivity contribution is 0.340. The Balaban J connectivity index is 1.89. The van der Waals surface area contributed by atoms with Gasteiger partial charge in [0.25, 0.3) is 0 Å². The highest BCUT2D eigenvalue weighted by molar-refractivity contribution is 6.33. The number of rotatable bonds is 5. The van der Waals surface area contributed by atoms with E-state index in [0.717, 1.165) is 33.8 Å². The fourth-order valence-corrected chi connectivity index (χ4v) is 3.27. The molecule has 1 aromatic carbocycles. The van der Waals surface area contributed by atoms with Crippen molar-refractivity contribution in [3.05, 3.63) is 59.3 Å². The second-order valence-electron chi connectivity index (χ2n) is 6.36. The SMILES string of the molecule is CCOc1ccc(-c2nn(-c3cc(C)ncc3C)cc2-c2ncn[nH]2)c(Cl)c1. The highest BCUT2D eigenvalue weighted by atomic mass is 35.5. The van der Waals surface area contributed by atoms with Gasteiger partial charge in [-0.05, 0) is 50.6 Å². The lowest BCUT2D eigenvalue weighted by atomic mass is 10.1. The molecule has 0 saturated carbocycles. The summed E-state index contributed by atoms with van der Waals surface area (Å²) >= 11 is 6.56. The van der Waals surface area contributed by atoms with Gasteiger partial charge < -0.3 is 4.74 Å².